The normalized spacial score (nSPS) is 17.2. The number of aromatic nitrogens is 6. The van der Waals surface area contributed by atoms with Crippen molar-refractivity contribution in [3.63, 3.8) is 0 Å². The number of carbonyl (C=O) groups excluding carboxylic acids is 2. The number of nitrogens with zero attached hydrogens (tertiary/aromatic N) is 10. The van der Waals surface area contributed by atoms with E-state index in [9.17, 15) is 9.59 Å². The Labute approximate surface area is 465 Å². The molecule has 78 heavy (non-hydrogen) atoms. The third-order valence-corrected chi connectivity index (χ3v) is 15.5. The number of carbonyl (C=O) groups is 2. The zero-order valence-corrected chi connectivity index (χ0v) is 49.2. The van der Waals surface area contributed by atoms with E-state index >= 15 is 0 Å². The highest BCUT2D eigenvalue weighted by molar-refractivity contribution is 5.69. The summed E-state index contributed by atoms with van der Waals surface area (Å²) < 4.78 is 16.6. The first-order valence-electron chi connectivity index (χ1n) is 27.8. The van der Waals surface area contributed by atoms with Gasteiger partial charge in [0.15, 0.2) is 0 Å². The second kappa shape index (κ2) is 25.2. The molecular formula is C62H90N12O4. The fourth-order valence-electron chi connectivity index (χ4n) is 11.5. The minimum atomic E-state index is -0.475. The summed E-state index contributed by atoms with van der Waals surface area (Å²) in [4.78, 5) is 33.1. The Bertz CT molecular complexity index is 2880. The third kappa shape index (κ3) is 15.5. The Hall–Kier alpha value is -6.33. The number of nitrogens with one attached hydrogen (secondary N) is 1. The van der Waals surface area contributed by atoms with Crippen LogP contribution in [0.5, 0.6) is 0 Å². The summed E-state index contributed by atoms with van der Waals surface area (Å²) in [6.07, 6.45) is 17.3. The molecule has 422 valence electrons. The molecule has 2 amide bonds. The number of nitrogens with two attached hydrogens (primary N) is 1. The molecule has 16 heteroatoms. The lowest BCUT2D eigenvalue weighted by atomic mass is 9.72. The van der Waals surface area contributed by atoms with Crippen molar-refractivity contribution >= 4 is 12.2 Å². The number of aryl methyl sites for hydroxylation is 3. The number of likely N-dealkylation sites (tertiary alicyclic amines) is 2. The molecule has 3 aromatic heterocycles. The first kappa shape index (κ1) is 59.3. The molecule has 0 radical (unpaired) electrons. The molecule has 0 atom stereocenters. The zero-order chi connectivity index (χ0) is 56.5. The van der Waals surface area contributed by atoms with Crippen molar-refractivity contribution in [2.24, 2.45) is 26.9 Å². The lowest BCUT2D eigenvalue weighted by molar-refractivity contribution is 0.0145. The summed E-state index contributed by atoms with van der Waals surface area (Å²) in [6, 6.07) is 26.4. The van der Waals surface area contributed by atoms with E-state index in [4.69, 9.17) is 15.2 Å². The molecule has 6 aromatic rings. The molecule has 3 aliphatic heterocycles. The number of piperidine rings is 3. The van der Waals surface area contributed by atoms with Crippen LogP contribution in [0.15, 0.2) is 110 Å². The fraction of sp³-hybridized carbons (Fsp3) is 0.532. The van der Waals surface area contributed by atoms with Gasteiger partial charge in [0.1, 0.15) is 11.2 Å². The Morgan fingerprint density at radius 2 is 0.846 bits per heavy atom. The average molecular weight is 1070 g/mol. The maximum absolute atomic E-state index is 12.5. The highest BCUT2D eigenvalue weighted by Crippen LogP contribution is 2.40. The third-order valence-electron chi connectivity index (χ3n) is 15.5. The Kier molecular flexibility index (Phi) is 19.2. The summed E-state index contributed by atoms with van der Waals surface area (Å²) in [7, 11) is 14.4. The Morgan fingerprint density at radius 1 is 0.526 bits per heavy atom. The molecule has 3 saturated heterocycles. The highest BCUT2D eigenvalue weighted by Gasteiger charge is 2.40. The van der Waals surface area contributed by atoms with Crippen LogP contribution in [-0.4, -0.2) is 159 Å². The highest BCUT2D eigenvalue weighted by atomic mass is 16.6. The van der Waals surface area contributed by atoms with Crippen LogP contribution in [-0.2, 0) is 46.9 Å². The maximum atomic E-state index is 12.5. The lowest BCUT2D eigenvalue weighted by Crippen LogP contribution is -2.50. The van der Waals surface area contributed by atoms with Crippen molar-refractivity contribution in [2.75, 3.05) is 87.1 Å². The van der Waals surface area contributed by atoms with Crippen LogP contribution in [0.2, 0.25) is 0 Å². The number of ether oxygens (including phenoxy) is 2. The van der Waals surface area contributed by atoms with Crippen molar-refractivity contribution < 1.29 is 19.1 Å². The smallest absolute Gasteiger partial charge is 0.410 e. The Balaban J connectivity index is 0.000000171. The maximum Gasteiger partial charge on any atom is 0.410 e. The van der Waals surface area contributed by atoms with Gasteiger partial charge in [-0.25, -0.2) is 9.59 Å². The van der Waals surface area contributed by atoms with Crippen LogP contribution < -0.4 is 11.1 Å². The minimum absolute atomic E-state index is 0.0141. The first-order valence-corrected chi connectivity index (χ1v) is 27.8. The van der Waals surface area contributed by atoms with Crippen LogP contribution in [0.3, 0.4) is 0 Å². The van der Waals surface area contributed by atoms with Gasteiger partial charge in [0.05, 0.1) is 18.6 Å². The number of benzene rings is 3. The van der Waals surface area contributed by atoms with Crippen LogP contribution in [0.25, 0.3) is 33.4 Å². The molecular weight excluding hydrogens is 977 g/mol. The largest absolute Gasteiger partial charge is 0.444 e. The van der Waals surface area contributed by atoms with Crippen molar-refractivity contribution in [3.05, 3.63) is 127 Å². The summed E-state index contributed by atoms with van der Waals surface area (Å²) >= 11 is 0. The van der Waals surface area contributed by atoms with Gasteiger partial charge in [0.2, 0.25) is 0 Å². The van der Waals surface area contributed by atoms with E-state index in [-0.39, 0.29) is 28.4 Å². The number of hydrogen-bond donors (Lipinski definition) is 2. The van der Waals surface area contributed by atoms with Gasteiger partial charge in [0, 0.05) is 118 Å². The fourth-order valence-corrected chi connectivity index (χ4v) is 11.5. The monoisotopic (exact) mass is 1070 g/mol. The van der Waals surface area contributed by atoms with Gasteiger partial charge in [-0.3, -0.25) is 14.0 Å². The Morgan fingerprint density at radius 3 is 1.14 bits per heavy atom. The standard InChI is InChI=1S/C23H34N4O2.C21H30N4O2.C18H26N4/c1-22(2,3)29-21(28)27-12-10-23(11-13-27,17-25(4)5)20-9-7-8-18(14-20)19-15-24-26(6)16-19;1-20(2,3)27-19(26)25-10-8-21(15-22,9-11-25)18-7-5-6-16(12-18)17-13-23-24(4)14-17;1-21(2)14-18(7-9-19-10-8-18)17-6-4-5-15(11-17)16-12-20-22(3)13-16/h7-9,14-16H,10-13,17H2,1-6H3;5-7,12-14H,8-11,15,22H2,1-4H3;4-6,11-13,19H,7-10,14H2,1-3H3. The van der Waals surface area contributed by atoms with Gasteiger partial charge in [-0.15, -0.1) is 0 Å². The average Bonchev–Trinajstić information content (AvgIpc) is 4.18. The van der Waals surface area contributed by atoms with Crippen molar-refractivity contribution in [1.29, 1.82) is 0 Å². The molecule has 0 spiro atoms. The molecule has 0 aliphatic carbocycles. The first-order chi connectivity index (χ1) is 36.9. The quantitative estimate of drug-likeness (QED) is 0.127. The van der Waals surface area contributed by atoms with Crippen LogP contribution in [0.1, 0.15) is 96.8 Å². The summed E-state index contributed by atoms with van der Waals surface area (Å²) in [6.45, 7) is 19.0. The molecule has 3 aliphatic rings. The van der Waals surface area contributed by atoms with Gasteiger partial charge < -0.3 is 40.1 Å². The van der Waals surface area contributed by atoms with Gasteiger partial charge in [0.25, 0.3) is 0 Å². The van der Waals surface area contributed by atoms with Gasteiger partial charge in [-0.2, -0.15) is 15.3 Å². The van der Waals surface area contributed by atoms with Gasteiger partial charge in [-0.05, 0) is 155 Å². The summed E-state index contributed by atoms with van der Waals surface area (Å²) in [5, 5.41) is 16.4. The van der Waals surface area contributed by atoms with E-state index in [2.05, 4.69) is 138 Å². The molecule has 0 unspecified atom stereocenters. The lowest BCUT2D eigenvalue weighted by Gasteiger charge is -2.44. The van der Waals surface area contributed by atoms with E-state index in [1.54, 1.807) is 9.58 Å². The van der Waals surface area contributed by atoms with Crippen molar-refractivity contribution in [1.82, 2.24) is 54.3 Å². The van der Waals surface area contributed by atoms with Crippen molar-refractivity contribution in [3.8, 4) is 33.4 Å². The number of amides is 2. The van der Waals surface area contributed by atoms with E-state index in [0.717, 1.165) is 68.6 Å². The van der Waals surface area contributed by atoms with Gasteiger partial charge in [-0.1, -0.05) is 72.8 Å². The summed E-state index contributed by atoms with van der Waals surface area (Å²) in [5.41, 5.74) is 16.5. The number of likely N-dealkylation sites (N-methyl/N-ethyl adjacent to an activating group) is 2. The molecule has 3 N–H and O–H groups in total. The van der Waals surface area contributed by atoms with Crippen LogP contribution in [0, 0.1) is 0 Å². The topological polar surface area (TPSA) is 157 Å². The second-order valence-electron chi connectivity index (χ2n) is 24.7. The molecule has 3 aromatic carbocycles. The minimum Gasteiger partial charge on any atom is -0.444 e. The van der Waals surface area contributed by atoms with Crippen molar-refractivity contribution in [2.45, 2.75) is 108 Å². The zero-order valence-electron chi connectivity index (χ0n) is 49.2. The predicted octanol–water partition coefficient (Wildman–Crippen LogP) is 9.50. The molecule has 6 heterocycles. The molecule has 16 nitrogen and oxygen atoms in total. The van der Waals surface area contributed by atoms with E-state index < -0.39 is 11.2 Å². The van der Waals surface area contributed by atoms with Crippen LogP contribution >= 0.6 is 0 Å². The molecule has 0 saturated carbocycles. The van der Waals surface area contributed by atoms with Gasteiger partial charge >= 0.3 is 12.2 Å². The number of hydrogen-bond acceptors (Lipinski definition) is 11. The molecule has 3 fully saturated rings. The van der Waals surface area contributed by atoms with E-state index in [1.807, 2.05) is 108 Å². The van der Waals surface area contributed by atoms with E-state index in [0.29, 0.717) is 32.7 Å². The second-order valence-corrected chi connectivity index (χ2v) is 24.7. The molecule has 0 bridgehead atoms. The SMILES string of the molecule is CN(C)CC1(c2cccc(-c3cnn(C)c3)c2)CCN(C(=O)OC(C)(C)C)CC1.CN(C)CC1(c2cccc(-c3cnn(C)c3)c2)CCNCC1.Cn1cc(-c2cccc(C3(CN)CCN(C(=O)OC(C)(C)C)CC3)c2)cn1. The van der Waals surface area contributed by atoms with E-state index in [1.165, 1.54) is 46.2 Å². The number of rotatable bonds is 11. The summed E-state index contributed by atoms with van der Waals surface area (Å²) in [5.74, 6) is 0. The predicted molar refractivity (Wildman–Crippen MR) is 313 cm³/mol. The molecule has 9 rings (SSSR count). The van der Waals surface area contributed by atoms with Crippen LogP contribution in [0.4, 0.5) is 9.59 Å².